The average molecular weight is 298 g/mol. The maximum Gasteiger partial charge on any atom is 0.213 e. The summed E-state index contributed by atoms with van der Waals surface area (Å²) >= 11 is 5.86. The Morgan fingerprint density at radius 2 is 1.86 bits per heavy atom. The lowest BCUT2D eigenvalue weighted by Crippen LogP contribution is -2.11. The molecule has 3 rings (SSSR count). The number of hydrogen-bond donors (Lipinski definition) is 1. The first-order chi connectivity index (χ1) is 10.2. The average Bonchev–Trinajstić information content (AvgIpc) is 2.97. The van der Waals surface area contributed by atoms with Gasteiger partial charge in [0, 0.05) is 16.3 Å². The number of nitrogen functional groups attached to an aromatic ring is 1. The van der Waals surface area contributed by atoms with Crippen LogP contribution in [0.3, 0.4) is 0 Å². The van der Waals surface area contributed by atoms with Crippen LogP contribution in [0.5, 0.6) is 0 Å². The Morgan fingerprint density at radius 1 is 1.10 bits per heavy atom. The third kappa shape index (κ3) is 2.53. The Morgan fingerprint density at radius 3 is 2.57 bits per heavy atom. The fourth-order valence-corrected chi connectivity index (χ4v) is 2.31. The van der Waals surface area contributed by atoms with Crippen molar-refractivity contribution in [2.75, 3.05) is 5.73 Å². The molecule has 0 aliphatic rings. The zero-order valence-electron chi connectivity index (χ0n) is 11.0. The third-order valence-corrected chi connectivity index (χ3v) is 3.37. The lowest BCUT2D eigenvalue weighted by Gasteiger charge is -2.08. The molecule has 1 aromatic heterocycles. The summed E-state index contributed by atoms with van der Waals surface area (Å²) in [6.45, 7) is 0. The molecule has 0 saturated carbocycles. The van der Waals surface area contributed by atoms with Gasteiger partial charge in [-0.1, -0.05) is 29.8 Å². The predicted molar refractivity (Wildman–Crippen MR) is 82.9 cm³/mol. The second-order valence-electron chi connectivity index (χ2n) is 4.52. The number of carbonyl (C=O) groups is 1. The quantitative estimate of drug-likeness (QED) is 0.596. The molecule has 104 valence electrons. The highest BCUT2D eigenvalue weighted by Gasteiger charge is 2.17. The van der Waals surface area contributed by atoms with Crippen LogP contribution in [0.2, 0.25) is 5.02 Å². The zero-order valence-corrected chi connectivity index (χ0v) is 11.8. The number of anilines is 1. The molecule has 0 spiro atoms. The molecule has 21 heavy (non-hydrogen) atoms. The van der Waals surface area contributed by atoms with Crippen molar-refractivity contribution in [3.63, 3.8) is 0 Å². The Balaban J connectivity index is 2.06. The van der Waals surface area contributed by atoms with Crippen LogP contribution in [0, 0.1) is 0 Å². The minimum atomic E-state index is -0.189. The van der Waals surface area contributed by atoms with Gasteiger partial charge in [0.2, 0.25) is 5.78 Å². The van der Waals surface area contributed by atoms with Gasteiger partial charge in [-0.05, 0) is 36.4 Å². The summed E-state index contributed by atoms with van der Waals surface area (Å²) < 4.78 is 1.59. The van der Waals surface area contributed by atoms with Crippen LogP contribution in [0.15, 0.2) is 60.8 Å². The third-order valence-electron chi connectivity index (χ3n) is 3.13. The van der Waals surface area contributed by atoms with E-state index in [4.69, 9.17) is 17.3 Å². The maximum absolute atomic E-state index is 12.6. The molecule has 0 amide bonds. The number of aromatic nitrogens is 2. The van der Waals surface area contributed by atoms with Gasteiger partial charge in [0.25, 0.3) is 0 Å². The number of para-hydroxylation sites is 1. The molecular weight excluding hydrogens is 286 g/mol. The standard InChI is InChI=1S/C16H12ClN3O/c17-11-6-7-13(14(18)10-11)16(21)15-8-9-19-20(15)12-4-2-1-3-5-12/h1-10H,18H2. The van der Waals surface area contributed by atoms with Crippen molar-refractivity contribution in [1.29, 1.82) is 0 Å². The SMILES string of the molecule is Nc1cc(Cl)ccc1C(=O)c1ccnn1-c1ccccc1. The molecule has 2 aromatic carbocycles. The summed E-state index contributed by atoms with van der Waals surface area (Å²) in [5, 5.41) is 4.71. The van der Waals surface area contributed by atoms with Gasteiger partial charge in [-0.25, -0.2) is 4.68 Å². The molecule has 0 atom stereocenters. The van der Waals surface area contributed by atoms with Crippen molar-refractivity contribution in [2.45, 2.75) is 0 Å². The highest BCUT2D eigenvalue weighted by Crippen LogP contribution is 2.22. The van der Waals surface area contributed by atoms with Crippen LogP contribution >= 0.6 is 11.6 Å². The molecule has 0 unspecified atom stereocenters. The molecule has 1 heterocycles. The molecule has 0 bridgehead atoms. The van der Waals surface area contributed by atoms with Crippen molar-refractivity contribution >= 4 is 23.1 Å². The number of nitrogens with two attached hydrogens (primary N) is 1. The second kappa shape index (κ2) is 5.42. The number of nitrogens with zero attached hydrogens (tertiary/aromatic N) is 2. The number of halogens is 1. The van der Waals surface area contributed by atoms with Crippen LogP contribution in [-0.2, 0) is 0 Å². The summed E-state index contributed by atoms with van der Waals surface area (Å²) in [6, 6.07) is 16.0. The monoisotopic (exact) mass is 297 g/mol. The van der Waals surface area contributed by atoms with Crippen LogP contribution in [0.25, 0.3) is 5.69 Å². The largest absolute Gasteiger partial charge is 0.398 e. The number of carbonyl (C=O) groups excluding carboxylic acids is 1. The summed E-state index contributed by atoms with van der Waals surface area (Å²) in [5.74, 6) is -0.189. The highest BCUT2D eigenvalue weighted by atomic mass is 35.5. The number of ketones is 1. The lowest BCUT2D eigenvalue weighted by atomic mass is 10.1. The van der Waals surface area contributed by atoms with Gasteiger partial charge >= 0.3 is 0 Å². The first-order valence-corrected chi connectivity index (χ1v) is 6.74. The fourth-order valence-electron chi connectivity index (χ4n) is 2.13. The van der Waals surface area contributed by atoms with E-state index in [1.54, 1.807) is 35.1 Å². The van der Waals surface area contributed by atoms with Crippen LogP contribution < -0.4 is 5.73 Å². The number of hydrogen-bond acceptors (Lipinski definition) is 3. The van der Waals surface area contributed by atoms with E-state index in [1.807, 2.05) is 30.3 Å². The van der Waals surface area contributed by atoms with E-state index in [1.165, 1.54) is 0 Å². The Hall–Kier alpha value is -2.59. The van der Waals surface area contributed by atoms with Crippen molar-refractivity contribution in [1.82, 2.24) is 9.78 Å². The van der Waals surface area contributed by atoms with Gasteiger partial charge in [0.15, 0.2) is 0 Å². The summed E-state index contributed by atoms with van der Waals surface area (Å²) in [5.41, 5.74) is 7.92. The van der Waals surface area contributed by atoms with E-state index in [9.17, 15) is 4.79 Å². The van der Waals surface area contributed by atoms with Crippen LogP contribution in [-0.4, -0.2) is 15.6 Å². The minimum Gasteiger partial charge on any atom is -0.398 e. The van der Waals surface area contributed by atoms with Gasteiger partial charge in [0.1, 0.15) is 5.69 Å². The van der Waals surface area contributed by atoms with E-state index in [0.29, 0.717) is 22.0 Å². The summed E-state index contributed by atoms with van der Waals surface area (Å²) in [4.78, 5) is 12.6. The molecule has 0 aliphatic heterocycles. The first-order valence-electron chi connectivity index (χ1n) is 6.36. The van der Waals surface area contributed by atoms with Gasteiger partial charge in [-0.15, -0.1) is 0 Å². The van der Waals surface area contributed by atoms with Crippen LogP contribution in [0.4, 0.5) is 5.69 Å². The Kier molecular flexibility index (Phi) is 3.46. The van der Waals surface area contributed by atoms with Crippen molar-refractivity contribution < 1.29 is 4.79 Å². The van der Waals surface area contributed by atoms with E-state index in [2.05, 4.69) is 5.10 Å². The molecule has 5 heteroatoms. The van der Waals surface area contributed by atoms with Crippen LogP contribution in [0.1, 0.15) is 16.1 Å². The van der Waals surface area contributed by atoms with Crippen molar-refractivity contribution in [3.05, 3.63) is 77.1 Å². The van der Waals surface area contributed by atoms with Gasteiger partial charge in [0.05, 0.1) is 11.9 Å². The zero-order chi connectivity index (χ0) is 14.8. The number of benzene rings is 2. The molecule has 4 nitrogen and oxygen atoms in total. The normalized spacial score (nSPS) is 10.5. The molecule has 2 N–H and O–H groups in total. The molecule has 0 saturated heterocycles. The fraction of sp³-hybridized carbons (Fsp3) is 0. The minimum absolute atomic E-state index is 0.189. The van der Waals surface area contributed by atoms with E-state index < -0.39 is 0 Å². The van der Waals surface area contributed by atoms with Gasteiger partial charge in [-0.2, -0.15) is 5.10 Å². The highest BCUT2D eigenvalue weighted by molar-refractivity contribution is 6.31. The van der Waals surface area contributed by atoms with Gasteiger partial charge < -0.3 is 5.73 Å². The molecule has 0 aliphatic carbocycles. The Labute approximate surface area is 126 Å². The van der Waals surface area contributed by atoms with E-state index in [0.717, 1.165) is 5.69 Å². The first kappa shape index (κ1) is 13.4. The second-order valence-corrected chi connectivity index (χ2v) is 4.96. The van der Waals surface area contributed by atoms with Crippen molar-refractivity contribution in [3.8, 4) is 5.69 Å². The molecule has 3 aromatic rings. The van der Waals surface area contributed by atoms with E-state index in [-0.39, 0.29) is 5.78 Å². The molecule has 0 radical (unpaired) electrons. The van der Waals surface area contributed by atoms with Crippen molar-refractivity contribution in [2.24, 2.45) is 0 Å². The summed E-state index contributed by atoms with van der Waals surface area (Å²) in [6.07, 6.45) is 1.59. The Bertz CT molecular complexity index is 796. The predicted octanol–water partition coefficient (Wildman–Crippen LogP) is 3.34. The smallest absolute Gasteiger partial charge is 0.213 e. The topological polar surface area (TPSA) is 60.9 Å². The van der Waals surface area contributed by atoms with Gasteiger partial charge in [-0.3, -0.25) is 4.79 Å². The number of rotatable bonds is 3. The maximum atomic E-state index is 12.6. The molecular formula is C16H12ClN3O. The van der Waals surface area contributed by atoms with E-state index >= 15 is 0 Å². The molecule has 0 fully saturated rings. The lowest BCUT2D eigenvalue weighted by molar-refractivity contribution is 0.103. The summed E-state index contributed by atoms with van der Waals surface area (Å²) in [7, 11) is 0.